The van der Waals surface area contributed by atoms with Gasteiger partial charge in [0, 0.05) is 32.2 Å². The number of aryl methyl sites for hydroxylation is 1. The van der Waals surface area contributed by atoms with Crippen LogP contribution in [0.2, 0.25) is 0 Å². The molecule has 0 amide bonds. The third-order valence-electron chi connectivity index (χ3n) is 4.82. The van der Waals surface area contributed by atoms with Gasteiger partial charge in [0.1, 0.15) is 11.6 Å². The van der Waals surface area contributed by atoms with E-state index in [4.69, 9.17) is 5.73 Å². The zero-order chi connectivity index (χ0) is 15.6. The van der Waals surface area contributed by atoms with E-state index in [1.165, 1.54) is 24.0 Å². The number of hydrogen-bond donors (Lipinski definition) is 1. The second-order valence-corrected chi connectivity index (χ2v) is 6.43. The van der Waals surface area contributed by atoms with Gasteiger partial charge in [0.25, 0.3) is 0 Å². The van der Waals surface area contributed by atoms with E-state index in [1.807, 2.05) is 0 Å². The summed E-state index contributed by atoms with van der Waals surface area (Å²) >= 11 is 0. The lowest BCUT2D eigenvalue weighted by Gasteiger charge is -2.24. The van der Waals surface area contributed by atoms with Crippen molar-refractivity contribution in [3.8, 4) is 0 Å². The fraction of sp³-hybridized carbons (Fsp3) is 0.444. The van der Waals surface area contributed by atoms with Crippen LogP contribution < -0.4 is 15.5 Å². The molecular formula is C18H23N5. The number of aromatic nitrogens is 2. The third-order valence-corrected chi connectivity index (χ3v) is 4.82. The number of rotatable bonds is 2. The van der Waals surface area contributed by atoms with Crippen molar-refractivity contribution in [3.63, 3.8) is 0 Å². The second kappa shape index (κ2) is 6.07. The molecular weight excluding hydrogens is 286 g/mol. The summed E-state index contributed by atoms with van der Waals surface area (Å²) in [6, 6.07) is 10.8. The number of nitrogen functional groups attached to an aromatic ring is 1. The van der Waals surface area contributed by atoms with Gasteiger partial charge < -0.3 is 15.5 Å². The summed E-state index contributed by atoms with van der Waals surface area (Å²) in [5.41, 5.74) is 8.84. The number of benzene rings is 1. The third kappa shape index (κ3) is 2.96. The molecule has 1 aromatic heterocycles. The number of nitrogens with two attached hydrogens (primary N) is 1. The Morgan fingerprint density at radius 3 is 2.26 bits per heavy atom. The molecule has 2 N–H and O–H groups in total. The minimum atomic E-state index is 0.377. The predicted octanol–water partition coefficient (Wildman–Crippen LogP) is 2.61. The molecule has 1 saturated heterocycles. The molecule has 120 valence electrons. The number of nitrogens with zero attached hydrogens (tertiary/aromatic N) is 4. The monoisotopic (exact) mass is 309 g/mol. The van der Waals surface area contributed by atoms with E-state index in [1.54, 1.807) is 0 Å². The van der Waals surface area contributed by atoms with E-state index in [0.717, 1.165) is 50.7 Å². The highest BCUT2D eigenvalue weighted by Crippen LogP contribution is 2.27. The molecule has 5 heteroatoms. The van der Waals surface area contributed by atoms with Crippen LogP contribution in [0.4, 0.5) is 17.6 Å². The van der Waals surface area contributed by atoms with Crippen LogP contribution in [-0.2, 0) is 13.0 Å². The molecule has 1 aromatic carbocycles. The Hall–Kier alpha value is -2.30. The van der Waals surface area contributed by atoms with Crippen molar-refractivity contribution >= 4 is 17.6 Å². The Bertz CT molecular complexity index is 694. The first-order valence-electron chi connectivity index (χ1n) is 8.51. The zero-order valence-corrected chi connectivity index (χ0v) is 13.4. The van der Waals surface area contributed by atoms with Gasteiger partial charge in [-0.2, -0.15) is 9.97 Å². The Morgan fingerprint density at radius 1 is 0.826 bits per heavy atom. The molecule has 0 atom stereocenters. The van der Waals surface area contributed by atoms with Gasteiger partial charge >= 0.3 is 0 Å². The largest absolute Gasteiger partial charge is 0.368 e. The fourth-order valence-corrected chi connectivity index (χ4v) is 3.61. The maximum absolute atomic E-state index is 5.99. The highest BCUT2D eigenvalue weighted by molar-refractivity contribution is 5.55. The predicted molar refractivity (Wildman–Crippen MR) is 93.7 cm³/mol. The van der Waals surface area contributed by atoms with Gasteiger partial charge in [0.05, 0.1) is 0 Å². The van der Waals surface area contributed by atoms with Gasteiger partial charge in [0.2, 0.25) is 5.95 Å². The van der Waals surface area contributed by atoms with Crippen LogP contribution in [0.3, 0.4) is 0 Å². The first kappa shape index (κ1) is 14.3. The van der Waals surface area contributed by atoms with Crippen LogP contribution in [-0.4, -0.2) is 29.6 Å². The lowest BCUT2D eigenvalue weighted by Crippen LogP contribution is -2.26. The van der Waals surface area contributed by atoms with Crippen molar-refractivity contribution < 1.29 is 0 Å². The van der Waals surface area contributed by atoms with Crippen molar-refractivity contribution in [1.29, 1.82) is 0 Å². The summed E-state index contributed by atoms with van der Waals surface area (Å²) in [5, 5.41) is 0. The molecule has 3 heterocycles. The van der Waals surface area contributed by atoms with E-state index in [2.05, 4.69) is 50.1 Å². The maximum atomic E-state index is 5.99. The summed E-state index contributed by atoms with van der Waals surface area (Å²) in [6.45, 7) is 4.04. The normalized spacial score (nSPS) is 17.9. The molecule has 5 nitrogen and oxygen atoms in total. The Kier molecular flexibility index (Phi) is 3.77. The zero-order valence-electron chi connectivity index (χ0n) is 13.4. The number of hydrogen-bond acceptors (Lipinski definition) is 5. The standard InChI is InChI=1S/C18H23N5/c19-18-20-16(22-9-3-4-10-22)12-17(21-18)23-11-5-8-14-6-1-2-7-15(14)13-23/h1-2,6-7,12H,3-5,8-11,13H2,(H2,19,20,21). The molecule has 0 spiro atoms. The molecule has 2 aliphatic heterocycles. The fourth-order valence-electron chi connectivity index (χ4n) is 3.61. The SMILES string of the molecule is Nc1nc(N2CCCC2)cc(N2CCCc3ccccc3C2)n1. The minimum Gasteiger partial charge on any atom is -0.368 e. The quantitative estimate of drug-likeness (QED) is 0.924. The van der Waals surface area contributed by atoms with Crippen molar-refractivity contribution in [3.05, 3.63) is 41.5 Å². The van der Waals surface area contributed by atoms with Gasteiger partial charge in [0.15, 0.2) is 0 Å². The average molecular weight is 309 g/mol. The Balaban J connectivity index is 1.64. The summed E-state index contributed by atoms with van der Waals surface area (Å²) in [5.74, 6) is 2.31. The Morgan fingerprint density at radius 2 is 1.48 bits per heavy atom. The van der Waals surface area contributed by atoms with Gasteiger partial charge in [-0.25, -0.2) is 0 Å². The lowest BCUT2D eigenvalue weighted by molar-refractivity contribution is 0.752. The van der Waals surface area contributed by atoms with E-state index < -0.39 is 0 Å². The number of fused-ring (bicyclic) bond motifs is 1. The van der Waals surface area contributed by atoms with E-state index in [9.17, 15) is 0 Å². The molecule has 23 heavy (non-hydrogen) atoms. The lowest BCUT2D eigenvalue weighted by atomic mass is 10.0. The van der Waals surface area contributed by atoms with Crippen LogP contribution in [0.15, 0.2) is 30.3 Å². The summed E-state index contributed by atoms with van der Waals surface area (Å²) in [6.07, 6.45) is 4.73. The molecule has 0 radical (unpaired) electrons. The van der Waals surface area contributed by atoms with Crippen LogP contribution in [0.25, 0.3) is 0 Å². The van der Waals surface area contributed by atoms with E-state index in [0.29, 0.717) is 5.95 Å². The van der Waals surface area contributed by atoms with Gasteiger partial charge in [-0.1, -0.05) is 24.3 Å². The maximum Gasteiger partial charge on any atom is 0.223 e. The van der Waals surface area contributed by atoms with E-state index in [-0.39, 0.29) is 0 Å². The van der Waals surface area contributed by atoms with Crippen molar-refractivity contribution in [2.75, 3.05) is 35.2 Å². The molecule has 2 aromatic rings. The van der Waals surface area contributed by atoms with Gasteiger partial charge in [-0.05, 0) is 36.8 Å². The van der Waals surface area contributed by atoms with Gasteiger partial charge in [-0.15, -0.1) is 0 Å². The molecule has 0 bridgehead atoms. The van der Waals surface area contributed by atoms with E-state index >= 15 is 0 Å². The second-order valence-electron chi connectivity index (χ2n) is 6.43. The highest BCUT2D eigenvalue weighted by Gasteiger charge is 2.19. The van der Waals surface area contributed by atoms with Crippen molar-refractivity contribution in [2.45, 2.75) is 32.2 Å². The topological polar surface area (TPSA) is 58.3 Å². The summed E-state index contributed by atoms with van der Waals surface area (Å²) in [7, 11) is 0. The minimum absolute atomic E-state index is 0.377. The number of anilines is 3. The molecule has 1 fully saturated rings. The van der Waals surface area contributed by atoms with Crippen LogP contribution in [0.5, 0.6) is 0 Å². The van der Waals surface area contributed by atoms with Crippen LogP contribution in [0.1, 0.15) is 30.4 Å². The Labute approximate surface area is 137 Å². The molecule has 2 aliphatic rings. The molecule has 0 saturated carbocycles. The smallest absolute Gasteiger partial charge is 0.223 e. The first-order chi connectivity index (χ1) is 11.3. The van der Waals surface area contributed by atoms with Crippen molar-refractivity contribution in [1.82, 2.24) is 9.97 Å². The first-order valence-corrected chi connectivity index (χ1v) is 8.51. The molecule has 0 unspecified atom stereocenters. The summed E-state index contributed by atoms with van der Waals surface area (Å²) < 4.78 is 0. The molecule has 0 aliphatic carbocycles. The molecule has 4 rings (SSSR count). The summed E-state index contributed by atoms with van der Waals surface area (Å²) in [4.78, 5) is 13.6. The van der Waals surface area contributed by atoms with Crippen LogP contribution in [0, 0.1) is 0 Å². The van der Waals surface area contributed by atoms with Gasteiger partial charge in [-0.3, -0.25) is 0 Å². The van der Waals surface area contributed by atoms with Crippen molar-refractivity contribution in [2.24, 2.45) is 0 Å². The highest BCUT2D eigenvalue weighted by atomic mass is 15.3. The average Bonchev–Trinajstić information content (AvgIpc) is 3.01. The van der Waals surface area contributed by atoms with Crippen LogP contribution >= 0.6 is 0 Å².